The second-order valence-electron chi connectivity index (χ2n) is 9.22. The van der Waals surface area contributed by atoms with E-state index < -0.39 is 36.7 Å². The Kier molecular flexibility index (Phi) is 10.7. The fourth-order valence-electron chi connectivity index (χ4n) is 4.11. The van der Waals surface area contributed by atoms with Gasteiger partial charge in [-0.1, -0.05) is 63.1 Å². The summed E-state index contributed by atoms with van der Waals surface area (Å²) in [7, 11) is 0. The van der Waals surface area contributed by atoms with Gasteiger partial charge < -0.3 is 34.6 Å². The highest BCUT2D eigenvalue weighted by Crippen LogP contribution is 2.29. The minimum atomic E-state index is -1.56. The molecular weight excluding hydrogens is 464 g/mol. The Balaban J connectivity index is 1.73. The lowest BCUT2D eigenvalue weighted by atomic mass is 9.98. The maximum absolute atomic E-state index is 12.0. The molecule has 0 aliphatic carbocycles. The summed E-state index contributed by atoms with van der Waals surface area (Å²) in [5, 5.41) is 41.0. The van der Waals surface area contributed by atoms with Gasteiger partial charge in [-0.05, 0) is 41.2 Å². The summed E-state index contributed by atoms with van der Waals surface area (Å²) < 4.78 is 17.0. The van der Waals surface area contributed by atoms with E-state index in [0.29, 0.717) is 24.2 Å². The van der Waals surface area contributed by atoms with Crippen LogP contribution >= 0.6 is 0 Å². The van der Waals surface area contributed by atoms with Crippen molar-refractivity contribution < 1.29 is 39.4 Å². The smallest absolute Gasteiger partial charge is 0.305 e. The highest BCUT2D eigenvalue weighted by molar-refractivity contribution is 5.69. The molecule has 198 valence electrons. The number of ether oxygens (including phenoxy) is 3. The molecule has 1 aliphatic heterocycles. The lowest BCUT2D eigenvalue weighted by molar-refractivity contribution is -0.278. The molecule has 0 spiro atoms. The first-order valence-electron chi connectivity index (χ1n) is 12.7. The first-order valence-corrected chi connectivity index (χ1v) is 12.7. The Morgan fingerprint density at radius 2 is 1.61 bits per heavy atom. The predicted molar refractivity (Wildman–Crippen MR) is 133 cm³/mol. The Morgan fingerprint density at radius 1 is 0.917 bits per heavy atom. The number of esters is 1. The molecule has 2 aromatic rings. The van der Waals surface area contributed by atoms with E-state index in [0.717, 1.165) is 30.4 Å². The number of rotatable bonds is 12. The van der Waals surface area contributed by atoms with Gasteiger partial charge in [-0.15, -0.1) is 0 Å². The lowest BCUT2D eigenvalue weighted by Crippen LogP contribution is -2.60. The summed E-state index contributed by atoms with van der Waals surface area (Å²) in [6.07, 6.45) is -2.59. The van der Waals surface area contributed by atoms with Crippen LogP contribution in [0.3, 0.4) is 0 Å². The van der Waals surface area contributed by atoms with Gasteiger partial charge in [0.2, 0.25) is 6.29 Å². The van der Waals surface area contributed by atoms with Crippen molar-refractivity contribution in [1.29, 1.82) is 0 Å². The fraction of sp³-hybridized carbons (Fsp3) is 0.536. The van der Waals surface area contributed by atoms with Crippen LogP contribution < -0.4 is 4.74 Å². The van der Waals surface area contributed by atoms with E-state index in [1.165, 1.54) is 5.56 Å². The maximum atomic E-state index is 12.0. The van der Waals surface area contributed by atoms with Gasteiger partial charge >= 0.3 is 5.97 Å². The maximum Gasteiger partial charge on any atom is 0.305 e. The van der Waals surface area contributed by atoms with Crippen LogP contribution in [0.4, 0.5) is 0 Å². The van der Waals surface area contributed by atoms with Crippen LogP contribution in [0.2, 0.25) is 0 Å². The minimum absolute atomic E-state index is 0.201. The SMILES string of the molecule is CCCCCC(=O)OC[C@H]1O[C@@H](Oc2cc(CO)ccc2Cc2ccc(CC)cc2)[C@H](O)[C@@H](O)[C@@H]1O. The lowest BCUT2D eigenvalue weighted by Gasteiger charge is -2.40. The third kappa shape index (κ3) is 7.51. The molecule has 1 heterocycles. The van der Waals surface area contributed by atoms with Gasteiger partial charge in [-0.25, -0.2) is 0 Å². The molecule has 5 atom stereocenters. The highest BCUT2D eigenvalue weighted by atomic mass is 16.7. The number of carbonyl (C=O) groups excluding carboxylic acids is 1. The molecule has 8 nitrogen and oxygen atoms in total. The Bertz CT molecular complexity index is 961. The van der Waals surface area contributed by atoms with Gasteiger partial charge in [-0.2, -0.15) is 0 Å². The van der Waals surface area contributed by atoms with Crippen molar-refractivity contribution in [2.75, 3.05) is 6.61 Å². The van der Waals surface area contributed by atoms with E-state index in [2.05, 4.69) is 19.1 Å². The predicted octanol–water partition coefficient (Wildman–Crippen LogP) is 2.64. The van der Waals surface area contributed by atoms with Crippen molar-refractivity contribution in [3.63, 3.8) is 0 Å². The molecule has 36 heavy (non-hydrogen) atoms. The molecule has 0 bridgehead atoms. The van der Waals surface area contributed by atoms with Gasteiger partial charge in [0.05, 0.1) is 6.61 Å². The number of carbonyl (C=O) groups is 1. The molecule has 0 unspecified atom stereocenters. The summed E-state index contributed by atoms with van der Waals surface area (Å²) in [5.74, 6) is -0.0339. The second-order valence-corrected chi connectivity index (χ2v) is 9.22. The van der Waals surface area contributed by atoms with E-state index in [1.807, 2.05) is 25.1 Å². The molecular formula is C28H38O8. The first-order chi connectivity index (χ1) is 17.4. The van der Waals surface area contributed by atoms with Crippen molar-refractivity contribution in [2.24, 2.45) is 0 Å². The minimum Gasteiger partial charge on any atom is -0.463 e. The fourth-order valence-corrected chi connectivity index (χ4v) is 4.11. The van der Waals surface area contributed by atoms with Crippen molar-refractivity contribution in [1.82, 2.24) is 0 Å². The average molecular weight is 503 g/mol. The number of hydrogen-bond donors (Lipinski definition) is 4. The normalized spacial score (nSPS) is 23.9. The highest BCUT2D eigenvalue weighted by Gasteiger charge is 2.45. The van der Waals surface area contributed by atoms with Crippen molar-refractivity contribution in [2.45, 2.75) is 89.7 Å². The third-order valence-electron chi connectivity index (χ3n) is 6.44. The summed E-state index contributed by atoms with van der Waals surface area (Å²) in [5.41, 5.74) is 3.70. The molecule has 3 rings (SSSR count). The zero-order chi connectivity index (χ0) is 26.1. The van der Waals surface area contributed by atoms with Crippen LogP contribution in [0.1, 0.15) is 61.8 Å². The van der Waals surface area contributed by atoms with E-state index in [1.54, 1.807) is 12.1 Å². The molecule has 8 heteroatoms. The van der Waals surface area contributed by atoms with Gasteiger partial charge in [0.1, 0.15) is 36.8 Å². The van der Waals surface area contributed by atoms with Crippen LogP contribution in [0, 0.1) is 0 Å². The molecule has 1 fully saturated rings. The summed E-state index contributed by atoms with van der Waals surface area (Å²) >= 11 is 0. The van der Waals surface area contributed by atoms with E-state index >= 15 is 0 Å². The van der Waals surface area contributed by atoms with E-state index in [9.17, 15) is 25.2 Å². The molecule has 4 N–H and O–H groups in total. The van der Waals surface area contributed by atoms with E-state index in [4.69, 9.17) is 14.2 Å². The molecule has 0 aromatic heterocycles. The summed E-state index contributed by atoms with van der Waals surface area (Å²) in [6, 6.07) is 13.5. The van der Waals surface area contributed by atoms with Crippen LogP contribution in [0.25, 0.3) is 0 Å². The Labute approximate surface area is 212 Å². The zero-order valence-electron chi connectivity index (χ0n) is 21.0. The van der Waals surface area contributed by atoms with Crippen molar-refractivity contribution in [3.05, 3.63) is 64.7 Å². The summed E-state index contributed by atoms with van der Waals surface area (Å²) in [6.45, 7) is 3.65. The van der Waals surface area contributed by atoms with Gasteiger partial charge in [0.25, 0.3) is 0 Å². The van der Waals surface area contributed by atoms with Crippen LogP contribution in [0.15, 0.2) is 42.5 Å². The molecule has 0 amide bonds. The van der Waals surface area contributed by atoms with Gasteiger partial charge in [0, 0.05) is 12.8 Å². The topological polar surface area (TPSA) is 126 Å². The molecule has 0 radical (unpaired) electrons. The Morgan fingerprint density at radius 3 is 2.28 bits per heavy atom. The average Bonchev–Trinajstić information content (AvgIpc) is 2.89. The second kappa shape index (κ2) is 13.7. The first kappa shape index (κ1) is 28.1. The standard InChI is InChI=1S/C28H38O8/c1-3-5-6-7-24(30)34-17-23-25(31)26(32)27(33)28(36-23)35-22-15-20(16-29)12-13-21(22)14-19-10-8-18(4-2)9-11-19/h8-13,15,23,25-29,31-33H,3-7,14,16-17H2,1-2H3/t23-,25-,26+,27-,28-/m1/s1. The van der Waals surface area contributed by atoms with Gasteiger partial charge in [-0.3, -0.25) is 4.79 Å². The van der Waals surface area contributed by atoms with Gasteiger partial charge in [0.15, 0.2) is 0 Å². The number of aryl methyl sites for hydroxylation is 1. The molecule has 1 saturated heterocycles. The number of aliphatic hydroxyl groups excluding tert-OH is 4. The number of aliphatic hydroxyl groups is 4. The van der Waals surface area contributed by atoms with Crippen LogP contribution in [-0.4, -0.2) is 63.7 Å². The van der Waals surface area contributed by atoms with Crippen molar-refractivity contribution >= 4 is 5.97 Å². The largest absolute Gasteiger partial charge is 0.463 e. The third-order valence-corrected chi connectivity index (χ3v) is 6.44. The van der Waals surface area contributed by atoms with Crippen molar-refractivity contribution in [3.8, 4) is 5.75 Å². The van der Waals surface area contributed by atoms with Crippen LogP contribution in [0.5, 0.6) is 5.75 Å². The quantitative estimate of drug-likeness (QED) is 0.258. The number of benzene rings is 2. The number of hydrogen-bond acceptors (Lipinski definition) is 8. The Hall–Kier alpha value is -2.49. The monoisotopic (exact) mass is 502 g/mol. The molecule has 0 saturated carbocycles. The molecule has 2 aromatic carbocycles. The zero-order valence-corrected chi connectivity index (χ0v) is 21.0. The number of unbranched alkanes of at least 4 members (excludes halogenated alkanes) is 2. The molecule has 1 aliphatic rings. The summed E-state index contributed by atoms with van der Waals surface area (Å²) in [4.78, 5) is 12.0. The van der Waals surface area contributed by atoms with E-state index in [-0.39, 0.29) is 19.6 Å². The van der Waals surface area contributed by atoms with Crippen LogP contribution in [-0.2, 0) is 33.7 Å².